The summed E-state index contributed by atoms with van der Waals surface area (Å²) in [5.74, 6) is 0.748. The smallest absolute Gasteiger partial charge is 0.0235 e. The zero-order valence-electron chi connectivity index (χ0n) is 8.21. The zero-order chi connectivity index (χ0) is 9.36. The van der Waals surface area contributed by atoms with Gasteiger partial charge in [0.1, 0.15) is 0 Å². The first-order chi connectivity index (χ1) is 6.43. The average molecular weight is 234 g/mol. The number of hydrogen-bond donors (Lipinski definition) is 1. The fraction of sp³-hybridized carbons (Fsp3) is 0.455. The van der Waals surface area contributed by atoms with E-state index in [1.54, 1.807) is 0 Å². The topological polar surface area (TPSA) is 12.0 Å². The summed E-state index contributed by atoms with van der Waals surface area (Å²) in [5, 5.41) is 3.35. The van der Waals surface area contributed by atoms with Gasteiger partial charge in [-0.1, -0.05) is 30.3 Å². The van der Waals surface area contributed by atoms with Crippen molar-refractivity contribution in [1.82, 2.24) is 5.32 Å². The highest BCUT2D eigenvalue weighted by Crippen LogP contribution is 1.97. The molecule has 0 radical (unpaired) electrons. The quantitative estimate of drug-likeness (QED) is 0.589. The van der Waals surface area contributed by atoms with E-state index in [9.17, 15) is 0 Å². The summed E-state index contributed by atoms with van der Waals surface area (Å²) in [6.07, 6.45) is 2.15. The van der Waals surface area contributed by atoms with Crippen molar-refractivity contribution in [2.45, 2.75) is 12.8 Å². The highest BCUT2D eigenvalue weighted by atomic mass is 35.5. The first-order valence-corrected chi connectivity index (χ1v) is 5.27. The second kappa shape index (κ2) is 9.32. The highest BCUT2D eigenvalue weighted by Gasteiger charge is 1.90. The van der Waals surface area contributed by atoms with Gasteiger partial charge in [-0.15, -0.1) is 24.0 Å². The Hall–Kier alpha value is -0.240. The maximum absolute atomic E-state index is 5.56. The Morgan fingerprint density at radius 3 is 2.43 bits per heavy atom. The fourth-order valence-electron chi connectivity index (χ4n) is 1.19. The second-order valence-corrected chi connectivity index (χ2v) is 3.41. The predicted molar refractivity (Wildman–Crippen MR) is 65.6 cm³/mol. The molecule has 1 aromatic rings. The molecule has 0 amide bonds. The molecule has 0 aromatic heterocycles. The van der Waals surface area contributed by atoms with E-state index in [-0.39, 0.29) is 12.4 Å². The molecule has 0 bridgehead atoms. The van der Waals surface area contributed by atoms with Crippen molar-refractivity contribution < 1.29 is 0 Å². The van der Waals surface area contributed by atoms with Gasteiger partial charge in [0.15, 0.2) is 0 Å². The van der Waals surface area contributed by atoms with E-state index in [1.807, 2.05) is 6.07 Å². The Kier molecular flexibility index (Phi) is 9.16. The van der Waals surface area contributed by atoms with Crippen LogP contribution in [0.2, 0.25) is 0 Å². The van der Waals surface area contributed by atoms with Crippen LogP contribution in [0.15, 0.2) is 30.3 Å². The molecule has 0 aliphatic rings. The number of rotatable bonds is 6. The molecule has 0 heterocycles. The van der Waals surface area contributed by atoms with Gasteiger partial charge in [-0.2, -0.15) is 0 Å². The number of hydrogen-bond acceptors (Lipinski definition) is 1. The molecular formula is C11H17Cl2N. The van der Waals surface area contributed by atoms with E-state index in [0.29, 0.717) is 0 Å². The van der Waals surface area contributed by atoms with Crippen LogP contribution in [0.5, 0.6) is 0 Å². The molecule has 0 fully saturated rings. The molecule has 80 valence electrons. The Bertz CT molecular complexity index is 214. The number of alkyl halides is 1. The van der Waals surface area contributed by atoms with Gasteiger partial charge in [0.2, 0.25) is 0 Å². The van der Waals surface area contributed by atoms with Crippen molar-refractivity contribution in [1.29, 1.82) is 0 Å². The van der Waals surface area contributed by atoms with Gasteiger partial charge in [-0.3, -0.25) is 0 Å². The Labute approximate surface area is 97.3 Å². The lowest BCUT2D eigenvalue weighted by Gasteiger charge is -2.02. The molecule has 0 aliphatic carbocycles. The summed E-state index contributed by atoms with van der Waals surface area (Å²) in [4.78, 5) is 0. The molecule has 0 unspecified atom stereocenters. The van der Waals surface area contributed by atoms with E-state index in [1.165, 1.54) is 5.56 Å². The van der Waals surface area contributed by atoms with Crippen LogP contribution in [0.4, 0.5) is 0 Å². The normalized spacial score (nSPS) is 9.50. The first kappa shape index (κ1) is 13.8. The lowest BCUT2D eigenvalue weighted by Crippen LogP contribution is -2.18. The minimum atomic E-state index is 0. The largest absolute Gasteiger partial charge is 0.316 e. The van der Waals surface area contributed by atoms with Crippen molar-refractivity contribution in [3.63, 3.8) is 0 Å². The van der Waals surface area contributed by atoms with Crippen molar-refractivity contribution in [3.8, 4) is 0 Å². The van der Waals surface area contributed by atoms with Gasteiger partial charge in [0, 0.05) is 5.88 Å². The standard InChI is InChI=1S/C11H16ClN.ClH/c12-8-4-9-13-10-7-11-5-2-1-3-6-11;/h1-3,5-6,13H,4,7-10H2;1H. The summed E-state index contributed by atoms with van der Waals surface area (Å²) in [5.41, 5.74) is 1.39. The van der Waals surface area contributed by atoms with E-state index in [4.69, 9.17) is 11.6 Å². The lowest BCUT2D eigenvalue weighted by atomic mass is 10.1. The Morgan fingerprint density at radius 1 is 1.07 bits per heavy atom. The molecule has 1 nitrogen and oxygen atoms in total. The molecule has 0 atom stereocenters. The van der Waals surface area contributed by atoms with Crippen LogP contribution in [0.1, 0.15) is 12.0 Å². The molecule has 0 aliphatic heterocycles. The summed E-state index contributed by atoms with van der Waals surface area (Å²) in [6.45, 7) is 2.07. The van der Waals surface area contributed by atoms with E-state index < -0.39 is 0 Å². The molecule has 0 saturated heterocycles. The minimum absolute atomic E-state index is 0. The first-order valence-electron chi connectivity index (χ1n) is 4.74. The van der Waals surface area contributed by atoms with Crippen molar-refractivity contribution in [3.05, 3.63) is 35.9 Å². The Balaban J connectivity index is 0.00000169. The lowest BCUT2D eigenvalue weighted by molar-refractivity contribution is 0.673. The predicted octanol–water partition coefficient (Wildman–Crippen LogP) is 2.87. The van der Waals surface area contributed by atoms with Crippen LogP contribution in [-0.2, 0) is 6.42 Å². The number of nitrogens with one attached hydrogen (secondary N) is 1. The van der Waals surface area contributed by atoms with E-state index in [0.717, 1.165) is 31.8 Å². The maximum atomic E-state index is 5.56. The number of benzene rings is 1. The third-order valence-electron chi connectivity index (χ3n) is 1.92. The SMILES string of the molecule is Cl.ClCCCNCCc1ccccc1. The maximum Gasteiger partial charge on any atom is 0.0235 e. The summed E-state index contributed by atoms with van der Waals surface area (Å²) >= 11 is 5.56. The van der Waals surface area contributed by atoms with Crippen LogP contribution in [0.25, 0.3) is 0 Å². The van der Waals surface area contributed by atoms with Crippen LogP contribution < -0.4 is 5.32 Å². The van der Waals surface area contributed by atoms with Crippen LogP contribution >= 0.6 is 24.0 Å². The fourth-order valence-corrected chi connectivity index (χ4v) is 1.33. The van der Waals surface area contributed by atoms with Crippen LogP contribution in [-0.4, -0.2) is 19.0 Å². The van der Waals surface area contributed by atoms with Gasteiger partial charge in [-0.25, -0.2) is 0 Å². The minimum Gasteiger partial charge on any atom is -0.316 e. The molecule has 3 heteroatoms. The third-order valence-corrected chi connectivity index (χ3v) is 2.19. The van der Waals surface area contributed by atoms with Crippen LogP contribution in [0.3, 0.4) is 0 Å². The molecule has 1 N–H and O–H groups in total. The average Bonchev–Trinajstić information content (AvgIpc) is 2.19. The molecule has 0 spiro atoms. The van der Waals surface area contributed by atoms with Crippen molar-refractivity contribution in [2.75, 3.05) is 19.0 Å². The third kappa shape index (κ3) is 6.25. The highest BCUT2D eigenvalue weighted by molar-refractivity contribution is 6.17. The molecule has 0 saturated carbocycles. The van der Waals surface area contributed by atoms with Crippen LogP contribution in [0, 0.1) is 0 Å². The summed E-state index contributed by atoms with van der Waals surface area (Å²) in [7, 11) is 0. The molecule has 1 aromatic carbocycles. The van der Waals surface area contributed by atoms with E-state index in [2.05, 4.69) is 29.6 Å². The molecule has 14 heavy (non-hydrogen) atoms. The summed E-state index contributed by atoms with van der Waals surface area (Å²) in [6, 6.07) is 10.5. The zero-order valence-corrected chi connectivity index (χ0v) is 9.78. The van der Waals surface area contributed by atoms with Crippen molar-refractivity contribution >= 4 is 24.0 Å². The summed E-state index contributed by atoms with van der Waals surface area (Å²) < 4.78 is 0. The molecular weight excluding hydrogens is 217 g/mol. The molecule has 1 rings (SSSR count). The van der Waals surface area contributed by atoms with Gasteiger partial charge < -0.3 is 5.32 Å². The Morgan fingerprint density at radius 2 is 1.79 bits per heavy atom. The monoisotopic (exact) mass is 233 g/mol. The van der Waals surface area contributed by atoms with Gasteiger partial charge in [-0.05, 0) is 31.5 Å². The van der Waals surface area contributed by atoms with E-state index >= 15 is 0 Å². The van der Waals surface area contributed by atoms with Gasteiger partial charge in [0.25, 0.3) is 0 Å². The van der Waals surface area contributed by atoms with Gasteiger partial charge in [0.05, 0.1) is 0 Å². The second-order valence-electron chi connectivity index (χ2n) is 3.03. The number of halogens is 2. The van der Waals surface area contributed by atoms with Crippen molar-refractivity contribution in [2.24, 2.45) is 0 Å². The van der Waals surface area contributed by atoms with Gasteiger partial charge >= 0.3 is 0 Å².